The Balaban J connectivity index is 0.000000202. The molecule has 2 atom stereocenters. The minimum Gasteiger partial charge on any atom is -0.396 e. The first kappa shape index (κ1) is 64.2. The van der Waals surface area contributed by atoms with E-state index in [1.54, 1.807) is 46.2 Å². The number of carbonyl (C=O) groups is 5. The summed E-state index contributed by atoms with van der Waals surface area (Å²) in [6.07, 6.45) is 20.0. The second-order valence-electron chi connectivity index (χ2n) is 23.9. The van der Waals surface area contributed by atoms with E-state index < -0.39 is 11.1 Å². The van der Waals surface area contributed by atoms with Crippen molar-refractivity contribution in [2.24, 2.45) is 11.8 Å². The smallest absolute Gasteiger partial charge is 0.252 e. The topological polar surface area (TPSA) is 187 Å². The highest BCUT2D eigenvalue weighted by atomic mass is 32.2. The van der Waals surface area contributed by atoms with Crippen molar-refractivity contribution in [1.82, 2.24) is 30.4 Å². The van der Waals surface area contributed by atoms with Crippen LogP contribution < -0.4 is 20.4 Å². The molecule has 0 spiro atoms. The Bertz CT molecular complexity index is 2700. The summed E-state index contributed by atoms with van der Waals surface area (Å²) in [5, 5.41) is 22.4. The molecule has 6 fully saturated rings. The normalized spacial score (nSPS) is 20.7. The Hall–Kier alpha value is -4.25. The second-order valence-corrected chi connectivity index (χ2v) is 27.5. The van der Waals surface area contributed by atoms with Gasteiger partial charge < -0.3 is 39.8 Å². The number of thiazole rings is 2. The number of carbonyl (C=O) groups excluding carboxylic acids is 5. The fourth-order valence-corrected chi connectivity index (χ4v) is 16.0. The number of thioether (sulfide) groups is 2. The Labute approximate surface area is 514 Å². The number of hydrogen-bond acceptors (Lipinski definition) is 18. The number of aromatic nitrogens is 2. The molecule has 20 heteroatoms. The number of nitrogens with zero attached hydrogens (tertiary/aromatic N) is 6. The number of piperidine rings is 2. The molecule has 4 aromatic rings. The number of nitrogens with one attached hydrogen (secondary N) is 2. The lowest BCUT2D eigenvalue weighted by atomic mass is 9.75. The van der Waals surface area contributed by atoms with Crippen molar-refractivity contribution >= 4 is 86.1 Å². The summed E-state index contributed by atoms with van der Waals surface area (Å²) in [5.74, 6) is 1.03. The molecular formula is C64H90N8O8S4. The van der Waals surface area contributed by atoms with Crippen molar-refractivity contribution < 1.29 is 38.6 Å². The van der Waals surface area contributed by atoms with Gasteiger partial charge in [-0.25, -0.2) is 9.97 Å². The average Bonchev–Trinajstić information content (AvgIpc) is 4.35. The number of rotatable bonds is 24. The van der Waals surface area contributed by atoms with Gasteiger partial charge in [0.15, 0.2) is 21.8 Å². The molecule has 2 amide bonds. The zero-order chi connectivity index (χ0) is 58.7. The predicted molar refractivity (Wildman–Crippen MR) is 342 cm³/mol. The summed E-state index contributed by atoms with van der Waals surface area (Å²) in [4.78, 5) is 85.3. The van der Waals surface area contributed by atoms with Crippen molar-refractivity contribution in [3.05, 3.63) is 70.4 Å². The fraction of sp³-hybridized carbons (Fsp3) is 0.641. The third-order valence-electron chi connectivity index (χ3n) is 18.4. The highest BCUT2D eigenvalue weighted by molar-refractivity contribution is 7.98. The minimum absolute atomic E-state index is 0.00282. The first-order valence-corrected chi connectivity index (χ1v) is 35.6. The molecular weight excluding hydrogens is 1140 g/mol. The van der Waals surface area contributed by atoms with Crippen LogP contribution in [0.25, 0.3) is 22.5 Å². The molecule has 2 aromatic heterocycles. The van der Waals surface area contributed by atoms with E-state index in [1.165, 1.54) is 0 Å². The van der Waals surface area contributed by atoms with Crippen molar-refractivity contribution in [2.45, 2.75) is 139 Å². The van der Waals surface area contributed by atoms with Gasteiger partial charge in [-0.3, -0.25) is 29.0 Å². The molecule has 6 aliphatic rings. The molecule has 4 aliphatic heterocycles. The maximum absolute atomic E-state index is 13.5. The first-order valence-electron chi connectivity index (χ1n) is 31.0. The first-order chi connectivity index (χ1) is 41.0. The minimum atomic E-state index is -0.881. The van der Waals surface area contributed by atoms with E-state index >= 15 is 0 Å². The summed E-state index contributed by atoms with van der Waals surface area (Å²) in [6.45, 7) is 11.6. The van der Waals surface area contributed by atoms with Gasteiger partial charge in [0.05, 0.1) is 48.9 Å². The van der Waals surface area contributed by atoms with Gasteiger partial charge in [0, 0.05) is 123 Å². The highest BCUT2D eigenvalue weighted by Crippen LogP contribution is 2.36. The van der Waals surface area contributed by atoms with Crippen LogP contribution in [-0.4, -0.2) is 187 Å². The van der Waals surface area contributed by atoms with E-state index in [4.69, 9.17) is 19.4 Å². The third kappa shape index (κ3) is 17.1. The van der Waals surface area contributed by atoms with E-state index in [-0.39, 0.29) is 48.2 Å². The number of aliphatic hydroxyl groups is 1. The van der Waals surface area contributed by atoms with E-state index in [1.807, 2.05) is 61.0 Å². The molecule has 4 saturated heterocycles. The van der Waals surface area contributed by atoms with Gasteiger partial charge in [-0.05, 0) is 118 Å². The van der Waals surface area contributed by atoms with Gasteiger partial charge in [-0.1, -0.05) is 62.8 Å². The van der Waals surface area contributed by atoms with E-state index in [0.717, 1.165) is 200 Å². The molecule has 0 bridgehead atoms. The van der Waals surface area contributed by atoms with Crippen LogP contribution in [0.4, 0.5) is 10.3 Å². The maximum Gasteiger partial charge on any atom is 0.252 e. The summed E-state index contributed by atoms with van der Waals surface area (Å²) in [6, 6.07) is 16.4. The molecule has 2 saturated carbocycles. The quantitative estimate of drug-likeness (QED) is 0.0562. The molecule has 458 valence electrons. The molecule has 6 heterocycles. The third-order valence-corrected chi connectivity index (χ3v) is 21.5. The molecule has 84 heavy (non-hydrogen) atoms. The van der Waals surface area contributed by atoms with Crippen LogP contribution in [0.5, 0.6) is 0 Å². The largest absolute Gasteiger partial charge is 0.396 e. The number of anilines is 2. The van der Waals surface area contributed by atoms with Crippen LogP contribution in [0.1, 0.15) is 136 Å². The zero-order valence-corrected chi connectivity index (χ0v) is 52.9. The van der Waals surface area contributed by atoms with E-state index in [2.05, 4.69) is 41.0 Å². The molecule has 0 radical (unpaired) electrons. The molecule has 2 aliphatic carbocycles. The number of hydrogen-bond donors (Lipinski definition) is 3. The second kappa shape index (κ2) is 32.1. The van der Waals surface area contributed by atoms with Gasteiger partial charge in [-0.15, -0.1) is 22.7 Å². The average molecular weight is 1230 g/mol. The monoisotopic (exact) mass is 1230 g/mol. The van der Waals surface area contributed by atoms with Gasteiger partial charge in [0.25, 0.3) is 11.8 Å². The number of ether oxygens (including phenoxy) is 2. The van der Waals surface area contributed by atoms with Gasteiger partial charge in [0.2, 0.25) is 0 Å². The molecule has 3 N–H and O–H groups in total. The number of benzene rings is 2. The maximum atomic E-state index is 13.5. The lowest BCUT2D eigenvalue weighted by molar-refractivity contribution is -0.129. The number of amides is 2. The number of morpholine rings is 2. The lowest BCUT2D eigenvalue weighted by Gasteiger charge is -2.40. The van der Waals surface area contributed by atoms with Crippen LogP contribution in [0, 0.1) is 11.8 Å². The van der Waals surface area contributed by atoms with Crippen LogP contribution in [-0.2, 0) is 23.9 Å². The summed E-state index contributed by atoms with van der Waals surface area (Å²) < 4.78 is 11.0. The van der Waals surface area contributed by atoms with Crippen LogP contribution in [0.2, 0.25) is 0 Å². The number of ketones is 2. The molecule has 16 nitrogen and oxygen atoms in total. The lowest BCUT2D eigenvalue weighted by Crippen LogP contribution is -2.56. The standard InChI is InChI=1S/C32H46N4O4S2.C32H44N4O4S2/c2*1-41-20-11-24(22-37)21-29(38)32(12-3-2-4-13-32)34-30(39)26-7-5-25(6-8-26)28-23-42-31(33-28)36-14-9-27(10-15-36)35-16-18-40-19-17-35/h5-8,23-24,27,37H,2-4,9-22H2,1H3,(H,34,39);5-8,22-24,27H,2-4,9-21H2,1H3,(H,34,39)/t2*24-/m11/s1. The number of aldehydes is 1. The van der Waals surface area contributed by atoms with Crippen LogP contribution >= 0.6 is 46.2 Å². The molecule has 10 rings (SSSR count). The van der Waals surface area contributed by atoms with Gasteiger partial charge >= 0.3 is 0 Å². The van der Waals surface area contributed by atoms with Crippen LogP contribution in [0.3, 0.4) is 0 Å². The Morgan fingerprint density at radius 3 is 1.40 bits per heavy atom. The predicted octanol–water partition coefficient (Wildman–Crippen LogP) is 9.94. The van der Waals surface area contributed by atoms with E-state index in [0.29, 0.717) is 61.7 Å². The van der Waals surface area contributed by atoms with Crippen LogP contribution in [0.15, 0.2) is 59.3 Å². The van der Waals surface area contributed by atoms with Crippen molar-refractivity contribution in [3.63, 3.8) is 0 Å². The van der Waals surface area contributed by atoms with Crippen molar-refractivity contribution in [3.8, 4) is 22.5 Å². The highest BCUT2D eigenvalue weighted by Gasteiger charge is 2.43. The molecule has 2 aromatic carbocycles. The SMILES string of the molecule is CSCC[C@@H](C=O)CC(=O)C1(NC(=O)c2ccc(-c3csc(N4CCC(N5CCOCC5)CC4)n3)cc2)CCCCC1.CSCC[C@@H](CO)CC(=O)C1(NC(=O)c2ccc(-c3csc(N4CCC(N5CCOCC5)CC4)n3)cc2)CCCCC1. The number of Topliss-reactive ketones (excluding diaryl/α,β-unsaturated/α-hetero) is 2. The van der Waals surface area contributed by atoms with Crippen molar-refractivity contribution in [1.29, 1.82) is 0 Å². The summed E-state index contributed by atoms with van der Waals surface area (Å²) in [5.41, 5.74) is 3.18. The Morgan fingerprint density at radius 2 is 1.01 bits per heavy atom. The van der Waals surface area contributed by atoms with Crippen molar-refractivity contribution in [2.75, 3.05) is 119 Å². The molecule has 0 unspecified atom stereocenters. The van der Waals surface area contributed by atoms with Gasteiger partial charge in [-0.2, -0.15) is 23.5 Å². The Kier molecular flexibility index (Phi) is 24.6. The van der Waals surface area contributed by atoms with E-state index in [9.17, 15) is 29.1 Å². The van der Waals surface area contributed by atoms with Gasteiger partial charge in [0.1, 0.15) is 6.29 Å². The Morgan fingerprint density at radius 1 is 0.607 bits per heavy atom. The number of aliphatic hydroxyl groups excluding tert-OH is 1. The summed E-state index contributed by atoms with van der Waals surface area (Å²) in [7, 11) is 0. The zero-order valence-electron chi connectivity index (χ0n) is 49.6. The summed E-state index contributed by atoms with van der Waals surface area (Å²) >= 11 is 6.76. The fourth-order valence-electron chi connectivity index (χ4n) is 13.2.